The highest BCUT2D eigenvalue weighted by molar-refractivity contribution is 5.76. The van der Waals surface area contributed by atoms with Gasteiger partial charge in [-0.25, -0.2) is 0 Å². The molecule has 30 heavy (non-hydrogen) atoms. The van der Waals surface area contributed by atoms with Gasteiger partial charge in [-0.1, -0.05) is 27.7 Å². The van der Waals surface area contributed by atoms with Crippen molar-refractivity contribution in [2.45, 2.75) is 65.0 Å². The van der Waals surface area contributed by atoms with Gasteiger partial charge in [0.15, 0.2) is 11.5 Å². The van der Waals surface area contributed by atoms with Crippen LogP contribution >= 0.6 is 0 Å². The second kappa shape index (κ2) is 9.56. The number of carbonyl (C=O) groups is 1. The van der Waals surface area contributed by atoms with E-state index in [1.165, 1.54) is 14.2 Å². The Hall–Kier alpha value is -1.79. The van der Waals surface area contributed by atoms with E-state index in [4.69, 9.17) is 25.4 Å². The smallest absolute Gasteiger partial charge is 0.323 e. The number of hydrogen-bond donors (Lipinski definition) is 1. The van der Waals surface area contributed by atoms with E-state index in [0.29, 0.717) is 0 Å². The van der Waals surface area contributed by atoms with E-state index in [0.717, 1.165) is 4.90 Å². The molecule has 2 heterocycles. The summed E-state index contributed by atoms with van der Waals surface area (Å²) in [6.07, 6.45) is -7.06. The van der Waals surface area contributed by atoms with Crippen molar-refractivity contribution in [1.82, 2.24) is 4.90 Å². The van der Waals surface area contributed by atoms with Crippen molar-refractivity contribution in [2.24, 2.45) is 23.5 Å². The van der Waals surface area contributed by atoms with Crippen LogP contribution in [0.2, 0.25) is 0 Å². The van der Waals surface area contributed by atoms with Crippen molar-refractivity contribution in [1.29, 1.82) is 0 Å². The number of rotatable bonds is 7. The number of fused-ring (bicyclic) bond motifs is 3. The van der Waals surface area contributed by atoms with Crippen LogP contribution in [0.1, 0.15) is 70.0 Å². The Morgan fingerprint density at radius 1 is 1.30 bits per heavy atom. The Labute approximate surface area is 193 Å². The third-order valence-electron chi connectivity index (χ3n) is 5.09. The topological polar surface area (TPSA) is 74.0 Å². The number of methoxy groups -OCH3 is 2. The van der Waals surface area contributed by atoms with Crippen molar-refractivity contribution < 1.29 is 31.3 Å². The molecule has 0 aliphatic carbocycles. The van der Waals surface area contributed by atoms with Crippen LogP contribution in [-0.4, -0.2) is 50.3 Å². The minimum absolute atomic E-state index is 0.0532. The third kappa shape index (κ3) is 4.75. The first-order valence-corrected chi connectivity index (χ1v) is 10.2. The molecule has 0 amide bonds. The number of piperidine rings is 1. The molecule has 4 atom stereocenters. The van der Waals surface area contributed by atoms with Crippen LogP contribution < -0.4 is 15.2 Å². The molecule has 1 saturated heterocycles. The predicted molar refractivity (Wildman–Crippen MR) is 118 cm³/mol. The highest BCUT2D eigenvalue weighted by atomic mass is 16.5. The lowest BCUT2D eigenvalue weighted by Gasteiger charge is -2.47. The molecule has 1 aromatic rings. The molecule has 6 nitrogen and oxygen atoms in total. The summed E-state index contributed by atoms with van der Waals surface area (Å²) in [5.74, 6) is -5.19. The van der Waals surface area contributed by atoms with Gasteiger partial charge < -0.3 is 19.9 Å². The maximum atomic E-state index is 13.1. The highest BCUT2D eigenvalue weighted by Crippen LogP contribution is 2.44. The molecular weight excluding hydrogens is 380 g/mol. The van der Waals surface area contributed by atoms with Crippen molar-refractivity contribution >= 4 is 5.97 Å². The minimum Gasteiger partial charge on any atom is -0.493 e. The van der Waals surface area contributed by atoms with E-state index in [2.05, 4.69) is 0 Å². The van der Waals surface area contributed by atoms with Gasteiger partial charge in [-0.2, -0.15) is 0 Å². The fraction of sp³-hybridized carbons (Fsp3) is 0.708. The van der Waals surface area contributed by atoms with Crippen molar-refractivity contribution in [3.8, 4) is 11.5 Å². The summed E-state index contributed by atoms with van der Waals surface area (Å²) in [5, 5.41) is 0. The zero-order valence-electron chi connectivity index (χ0n) is 27.5. The number of nitrogens with zero attached hydrogens (tertiary/aromatic N) is 1. The van der Waals surface area contributed by atoms with E-state index < -0.39 is 72.7 Å². The largest absolute Gasteiger partial charge is 0.493 e. The molecule has 0 bridgehead atoms. The second-order valence-electron chi connectivity index (χ2n) is 8.25. The Bertz CT molecular complexity index is 1150. The summed E-state index contributed by atoms with van der Waals surface area (Å²) in [4.78, 5) is 14.0. The first-order chi connectivity index (χ1) is 17.7. The first-order valence-electron chi connectivity index (χ1n) is 14.7. The Balaban J connectivity index is 2.47. The van der Waals surface area contributed by atoms with Crippen molar-refractivity contribution in [3.63, 3.8) is 0 Å². The SMILES string of the molecule is [2H]c1c2c(c([2H])c(OC)c1OC)C1([2H])N(CC2)C([2H])([2H])C([2H])(CC(C)C)C([2H])(OC(=O)[C@@H](N)C(C)C)C1([2H])[2H]. The van der Waals surface area contributed by atoms with Crippen molar-refractivity contribution in [2.75, 3.05) is 27.3 Å². The number of carbonyl (C=O) groups excluding carboxylic acids is 1. The van der Waals surface area contributed by atoms with Crippen LogP contribution in [0.5, 0.6) is 11.5 Å². The molecule has 0 radical (unpaired) electrons. The summed E-state index contributed by atoms with van der Waals surface area (Å²) >= 11 is 0. The van der Waals surface area contributed by atoms with Gasteiger partial charge >= 0.3 is 5.97 Å². The van der Waals surface area contributed by atoms with Gasteiger partial charge in [-0.05, 0) is 47.9 Å². The number of benzene rings is 1. The normalized spacial score (nSPS) is 40.0. The van der Waals surface area contributed by atoms with Gasteiger partial charge in [-0.3, -0.25) is 9.69 Å². The molecule has 2 N–H and O–H groups in total. The molecule has 1 fully saturated rings. The molecule has 1 aromatic carbocycles. The maximum Gasteiger partial charge on any atom is 0.323 e. The quantitative estimate of drug-likeness (QED) is 0.671. The first kappa shape index (κ1) is 13.6. The van der Waals surface area contributed by atoms with Crippen LogP contribution in [0.4, 0.5) is 0 Å². The number of nitrogens with two attached hydrogens (primary N) is 1. The molecule has 2 aliphatic rings. The fourth-order valence-electron chi connectivity index (χ4n) is 3.36. The van der Waals surface area contributed by atoms with E-state index in [1.54, 1.807) is 27.7 Å². The average Bonchev–Trinajstić information content (AvgIpc) is 2.83. The molecule has 3 rings (SSSR count). The molecule has 0 spiro atoms. The summed E-state index contributed by atoms with van der Waals surface area (Å²) in [6.45, 7) is 3.36. The molecule has 0 saturated carbocycles. The molecule has 2 aliphatic heterocycles. The van der Waals surface area contributed by atoms with Crippen LogP contribution in [0.15, 0.2) is 12.1 Å². The van der Waals surface area contributed by atoms with Crippen LogP contribution in [0, 0.1) is 17.7 Å². The fourth-order valence-corrected chi connectivity index (χ4v) is 3.36. The monoisotopic (exact) mass is 427 g/mol. The Morgan fingerprint density at radius 3 is 2.57 bits per heavy atom. The number of hydrogen-bond acceptors (Lipinski definition) is 6. The second-order valence-corrected chi connectivity index (χ2v) is 8.25. The highest BCUT2D eigenvalue weighted by Gasteiger charge is 2.41. The summed E-state index contributed by atoms with van der Waals surface area (Å²) in [6, 6.07) is -4.97. The van der Waals surface area contributed by atoms with Gasteiger partial charge in [0.25, 0.3) is 0 Å². The van der Waals surface area contributed by atoms with E-state index in [9.17, 15) is 11.6 Å². The summed E-state index contributed by atoms with van der Waals surface area (Å²) in [5.41, 5.74) is 5.61. The zero-order chi connectivity index (χ0) is 30.1. The summed E-state index contributed by atoms with van der Waals surface area (Å²) in [7, 11) is 2.49. The van der Waals surface area contributed by atoms with Crippen LogP contribution in [0.25, 0.3) is 0 Å². The molecule has 6 heteroatoms. The maximum absolute atomic E-state index is 13.1. The van der Waals surface area contributed by atoms with Gasteiger partial charge in [0, 0.05) is 38.2 Å². The van der Waals surface area contributed by atoms with Crippen LogP contribution in [0.3, 0.4) is 0 Å². The van der Waals surface area contributed by atoms with Gasteiger partial charge in [-0.15, -0.1) is 0 Å². The lowest BCUT2D eigenvalue weighted by atomic mass is 9.79. The zero-order valence-corrected chi connectivity index (χ0v) is 18.5. The van der Waals surface area contributed by atoms with Crippen LogP contribution in [-0.2, 0) is 16.0 Å². The van der Waals surface area contributed by atoms with E-state index in [1.807, 2.05) is 0 Å². The number of ether oxygens (including phenoxy) is 3. The Kier molecular flexibility index (Phi) is 4.33. The van der Waals surface area contributed by atoms with Gasteiger partial charge in [0.05, 0.1) is 19.7 Å². The van der Waals surface area contributed by atoms with Gasteiger partial charge in [0.1, 0.15) is 12.1 Å². The molecule has 168 valence electrons. The third-order valence-corrected chi connectivity index (χ3v) is 5.09. The standard InChI is InChI=1S/C24H38N2O4/c1-14(2)9-17-13-26-8-7-16-10-21(28-5)22(29-6)11-18(16)19(26)12-20(17)30-24(27)23(25)15(3)4/h10-11,14-15,17,19-20,23H,7-9,12-13,25H2,1-6H3/t17?,19?,20?,23-/m0/s1/i10D,11D,12D2,13D2,17D,19D,20D. The average molecular weight is 428 g/mol. The molecule has 3 unspecified atom stereocenters. The molecule has 0 aromatic heterocycles. The van der Waals surface area contributed by atoms with E-state index in [-0.39, 0.29) is 36.1 Å². The summed E-state index contributed by atoms with van der Waals surface area (Å²) < 4.78 is 98.7. The van der Waals surface area contributed by atoms with Gasteiger partial charge in [0.2, 0.25) is 0 Å². The predicted octanol–water partition coefficient (Wildman–Crippen LogP) is 3.56. The lowest BCUT2D eigenvalue weighted by Crippen LogP contribution is -2.51. The lowest BCUT2D eigenvalue weighted by molar-refractivity contribution is -0.160. The molecular formula is C24H38N2O4. The minimum atomic E-state index is -3.31. The Morgan fingerprint density at radius 2 is 1.97 bits per heavy atom. The van der Waals surface area contributed by atoms with E-state index >= 15 is 0 Å². The van der Waals surface area contributed by atoms with Crippen molar-refractivity contribution in [3.05, 3.63) is 23.2 Å². The number of esters is 1.